The van der Waals surface area contributed by atoms with Crippen LogP contribution in [0.4, 0.5) is 23.7 Å². The largest absolute Gasteiger partial charge is 0.465 e. The third kappa shape index (κ3) is 6.53. The summed E-state index contributed by atoms with van der Waals surface area (Å²) in [5.74, 6) is -1.18. The van der Waals surface area contributed by atoms with E-state index < -0.39 is 39.1 Å². The van der Waals surface area contributed by atoms with Gasteiger partial charge in [-0.25, -0.2) is 13.2 Å². The van der Waals surface area contributed by atoms with Crippen molar-refractivity contribution in [2.75, 3.05) is 37.7 Å². The maximum atomic E-state index is 13.9. The Morgan fingerprint density at radius 2 is 1.79 bits per heavy atom. The van der Waals surface area contributed by atoms with Gasteiger partial charge in [-0.2, -0.15) is 18.4 Å². The number of carbonyl (C=O) groups excluding carboxylic acids is 1. The molecule has 2 aromatic carbocycles. The number of nitrogens with two attached hydrogens (primary N) is 1. The third-order valence-corrected chi connectivity index (χ3v) is 8.03. The zero-order chi connectivity index (χ0) is 28.3. The van der Waals surface area contributed by atoms with Gasteiger partial charge in [0.05, 0.1) is 33.4 Å². The van der Waals surface area contributed by atoms with Crippen molar-refractivity contribution in [2.24, 2.45) is 0 Å². The van der Waals surface area contributed by atoms with Crippen LogP contribution >= 0.6 is 0 Å². The highest BCUT2D eigenvalue weighted by molar-refractivity contribution is 7.91. The summed E-state index contributed by atoms with van der Waals surface area (Å²) in [5, 5.41) is 20.6. The number of amides is 2. The monoisotopic (exact) mass is 553 g/mol. The summed E-state index contributed by atoms with van der Waals surface area (Å²) in [5.41, 5.74) is 4.37. The second kappa shape index (κ2) is 11.3. The van der Waals surface area contributed by atoms with Crippen molar-refractivity contribution < 1.29 is 36.3 Å². The number of carboxylic acid groups (broad SMARTS) is 1. The van der Waals surface area contributed by atoms with Crippen LogP contribution in [-0.2, 0) is 29.1 Å². The number of hydrogen-bond donors (Lipinski definition) is 3. The lowest BCUT2D eigenvalue weighted by Gasteiger charge is -2.33. The summed E-state index contributed by atoms with van der Waals surface area (Å²) in [4.78, 5) is 26.7. The van der Waals surface area contributed by atoms with E-state index in [1.54, 1.807) is 4.90 Å². The minimum absolute atomic E-state index is 0.0957. The normalized spacial score (nSPS) is 14.7. The third-order valence-electron chi connectivity index (χ3n) is 6.21. The van der Waals surface area contributed by atoms with Gasteiger partial charge in [0.2, 0.25) is 0 Å². The SMILES string of the molecule is CCS(=O)(=O)c1ccc(C#N)cc1CNC(=O)c1cc(C(F)(F)F)c(CN2CCN(C(=O)O)CC2)cc1N. The molecule has 1 fully saturated rings. The highest BCUT2D eigenvalue weighted by Gasteiger charge is 2.35. The number of hydrogen-bond acceptors (Lipinski definition) is 7. The summed E-state index contributed by atoms with van der Waals surface area (Å²) in [6.45, 7) is 1.69. The number of nitriles is 1. The number of nitrogens with zero attached hydrogens (tertiary/aromatic N) is 3. The van der Waals surface area contributed by atoms with Gasteiger partial charge in [-0.1, -0.05) is 6.92 Å². The number of alkyl halides is 3. The van der Waals surface area contributed by atoms with Crippen LogP contribution in [0.2, 0.25) is 0 Å². The van der Waals surface area contributed by atoms with Crippen molar-refractivity contribution in [1.82, 2.24) is 15.1 Å². The smallest absolute Gasteiger partial charge is 0.416 e. The molecule has 204 valence electrons. The van der Waals surface area contributed by atoms with E-state index in [0.717, 1.165) is 6.07 Å². The van der Waals surface area contributed by atoms with Gasteiger partial charge >= 0.3 is 12.3 Å². The number of nitrogen functional groups attached to an aromatic ring is 1. The van der Waals surface area contributed by atoms with Crippen LogP contribution in [0, 0.1) is 11.3 Å². The van der Waals surface area contributed by atoms with E-state index in [4.69, 9.17) is 16.1 Å². The molecule has 0 atom stereocenters. The molecule has 1 heterocycles. The van der Waals surface area contributed by atoms with E-state index >= 15 is 0 Å². The van der Waals surface area contributed by atoms with Gasteiger partial charge in [0, 0.05) is 45.0 Å². The number of nitrogens with one attached hydrogen (secondary N) is 1. The predicted molar refractivity (Wildman–Crippen MR) is 131 cm³/mol. The van der Waals surface area contributed by atoms with Gasteiger partial charge in [0.15, 0.2) is 9.84 Å². The van der Waals surface area contributed by atoms with E-state index in [1.807, 2.05) is 6.07 Å². The Kier molecular flexibility index (Phi) is 8.53. The van der Waals surface area contributed by atoms with Gasteiger partial charge in [-0.15, -0.1) is 0 Å². The minimum atomic E-state index is -4.80. The zero-order valence-electron chi connectivity index (χ0n) is 20.4. The number of carbonyl (C=O) groups is 2. The van der Waals surface area contributed by atoms with Gasteiger partial charge in [0.1, 0.15) is 0 Å². The summed E-state index contributed by atoms with van der Waals surface area (Å²) in [6, 6.07) is 7.47. The molecule has 1 aliphatic heterocycles. The first kappa shape index (κ1) is 28.7. The molecule has 2 aromatic rings. The lowest BCUT2D eigenvalue weighted by atomic mass is 10.00. The molecule has 0 aromatic heterocycles. The summed E-state index contributed by atoms with van der Waals surface area (Å²) in [7, 11) is -3.70. The second-order valence-electron chi connectivity index (χ2n) is 8.66. The minimum Gasteiger partial charge on any atom is -0.465 e. The van der Waals surface area contributed by atoms with E-state index in [9.17, 15) is 31.2 Å². The van der Waals surface area contributed by atoms with Crippen LogP contribution in [0.3, 0.4) is 0 Å². The van der Waals surface area contributed by atoms with Gasteiger partial charge in [0.25, 0.3) is 5.91 Å². The molecule has 1 aliphatic rings. The van der Waals surface area contributed by atoms with Crippen LogP contribution in [-0.4, -0.2) is 67.3 Å². The van der Waals surface area contributed by atoms with Crippen LogP contribution in [0.5, 0.6) is 0 Å². The Morgan fingerprint density at radius 1 is 1.13 bits per heavy atom. The molecule has 3 rings (SSSR count). The molecule has 0 unspecified atom stereocenters. The van der Waals surface area contributed by atoms with Crippen molar-refractivity contribution in [3.8, 4) is 6.07 Å². The highest BCUT2D eigenvalue weighted by Crippen LogP contribution is 2.35. The number of halogens is 3. The van der Waals surface area contributed by atoms with Crippen molar-refractivity contribution >= 4 is 27.5 Å². The van der Waals surface area contributed by atoms with Crippen LogP contribution < -0.4 is 11.1 Å². The number of benzene rings is 2. The van der Waals surface area contributed by atoms with E-state index in [-0.39, 0.29) is 72.3 Å². The first-order chi connectivity index (χ1) is 17.8. The zero-order valence-corrected chi connectivity index (χ0v) is 21.2. The molecule has 0 aliphatic carbocycles. The molecule has 0 saturated carbocycles. The van der Waals surface area contributed by atoms with E-state index in [0.29, 0.717) is 6.07 Å². The lowest BCUT2D eigenvalue weighted by Crippen LogP contribution is -2.47. The molecule has 0 spiro atoms. The molecule has 0 bridgehead atoms. The van der Waals surface area contributed by atoms with Crippen LogP contribution in [0.1, 0.15) is 39.5 Å². The fourth-order valence-corrected chi connectivity index (χ4v) is 5.23. The number of sulfone groups is 1. The molecule has 38 heavy (non-hydrogen) atoms. The molecule has 10 nitrogen and oxygen atoms in total. The first-order valence-corrected chi connectivity index (χ1v) is 13.2. The summed E-state index contributed by atoms with van der Waals surface area (Å²) >= 11 is 0. The van der Waals surface area contributed by atoms with E-state index in [1.165, 1.54) is 30.0 Å². The highest BCUT2D eigenvalue weighted by atomic mass is 32.2. The van der Waals surface area contributed by atoms with Crippen molar-refractivity contribution in [2.45, 2.75) is 31.1 Å². The fourth-order valence-electron chi connectivity index (χ4n) is 4.11. The number of rotatable bonds is 7. The maximum Gasteiger partial charge on any atom is 0.416 e. The molecule has 14 heteroatoms. The average Bonchev–Trinajstić information content (AvgIpc) is 2.86. The van der Waals surface area contributed by atoms with Crippen LogP contribution in [0.25, 0.3) is 0 Å². The summed E-state index contributed by atoms with van der Waals surface area (Å²) in [6.07, 6.45) is -5.90. The maximum absolute atomic E-state index is 13.9. The predicted octanol–water partition coefficient (Wildman–Crippen LogP) is 2.68. The Bertz CT molecular complexity index is 1380. The Hall–Kier alpha value is -3.83. The topological polar surface area (TPSA) is 157 Å². The second-order valence-corrected chi connectivity index (χ2v) is 10.9. The molecule has 4 N–H and O–H groups in total. The Balaban J connectivity index is 1.86. The molecule has 1 saturated heterocycles. The molecule has 0 radical (unpaired) electrons. The average molecular weight is 554 g/mol. The number of anilines is 1. The van der Waals surface area contributed by atoms with E-state index in [2.05, 4.69) is 5.32 Å². The summed E-state index contributed by atoms with van der Waals surface area (Å²) < 4.78 is 66.6. The standard InChI is InChI=1S/C24H26F3N5O5S/c1-2-38(36,37)21-4-3-15(12-28)9-16(21)13-30-22(33)18-11-19(24(25,26)27)17(10-20(18)29)14-31-5-7-32(8-6-31)23(34)35/h3-4,9-11H,2,5-8,13-14,29H2,1H3,(H,30,33)(H,34,35). The first-order valence-electron chi connectivity index (χ1n) is 11.5. The Morgan fingerprint density at radius 3 is 2.34 bits per heavy atom. The van der Waals surface area contributed by atoms with Crippen molar-refractivity contribution in [3.05, 3.63) is 58.1 Å². The quantitative estimate of drug-likeness (QED) is 0.442. The lowest BCUT2D eigenvalue weighted by molar-refractivity contribution is -0.138. The number of piperazine rings is 1. The molecule has 2 amide bonds. The van der Waals surface area contributed by atoms with Gasteiger partial charge in [-0.05, 0) is 41.5 Å². The molecular weight excluding hydrogens is 527 g/mol. The van der Waals surface area contributed by atoms with Crippen LogP contribution in [0.15, 0.2) is 35.2 Å². The fraction of sp³-hybridized carbons (Fsp3) is 0.375. The van der Waals surface area contributed by atoms with Gasteiger partial charge in [-0.3, -0.25) is 9.69 Å². The van der Waals surface area contributed by atoms with Crippen molar-refractivity contribution in [3.63, 3.8) is 0 Å². The molecular formula is C24H26F3N5O5S. The Labute approximate surface area is 217 Å². The van der Waals surface area contributed by atoms with Crippen molar-refractivity contribution in [1.29, 1.82) is 5.26 Å². The van der Waals surface area contributed by atoms with Gasteiger partial charge < -0.3 is 21.1 Å².